The molecule has 1 heterocycles. The monoisotopic (exact) mass is 590 g/mol. The SMILES string of the molecule is CC1(c2ccccc2)c2ccccc2-c2c1ccc1c3c(n(-c4ccc(N(c5ccccc5)c5ccccc5)cc4)c21)CCC=C3. The molecular formula is C44H34N2. The molecule has 0 fully saturated rings. The molecule has 9 rings (SSSR count). The number of hydrogen-bond acceptors (Lipinski definition) is 1. The van der Waals surface area contributed by atoms with Crippen LogP contribution in [0.15, 0.2) is 158 Å². The van der Waals surface area contributed by atoms with Crippen LogP contribution >= 0.6 is 0 Å². The first-order valence-electron chi connectivity index (χ1n) is 16.3. The lowest BCUT2D eigenvalue weighted by atomic mass is 9.74. The molecule has 0 bridgehead atoms. The van der Waals surface area contributed by atoms with Crippen LogP contribution in [0.3, 0.4) is 0 Å². The van der Waals surface area contributed by atoms with Crippen molar-refractivity contribution in [2.24, 2.45) is 0 Å². The third-order valence-corrected chi connectivity index (χ3v) is 10.1. The fourth-order valence-corrected chi connectivity index (χ4v) is 8.00. The minimum absolute atomic E-state index is 0.234. The van der Waals surface area contributed by atoms with Crippen molar-refractivity contribution in [2.45, 2.75) is 25.2 Å². The van der Waals surface area contributed by atoms with Gasteiger partial charge in [0.05, 0.1) is 5.52 Å². The number of rotatable bonds is 5. The summed E-state index contributed by atoms with van der Waals surface area (Å²) in [5, 5.41) is 1.33. The molecule has 2 heteroatoms. The second kappa shape index (κ2) is 10.5. The van der Waals surface area contributed by atoms with Crippen LogP contribution in [0.4, 0.5) is 17.1 Å². The number of fused-ring (bicyclic) bond motifs is 7. The standard InChI is InChI=1S/C44H34N2/c1-44(31-15-5-2-6-16-31)39-23-13-11-22-38(39)42-40(44)30-29-37-36-21-12-14-24-41(36)46(43(37)42)35-27-25-34(26-28-35)45(32-17-7-3-8-18-32)33-19-9-4-10-20-33/h2-13,15-23,25-30H,14,24H2,1H3. The van der Waals surface area contributed by atoms with Crippen molar-refractivity contribution < 1.29 is 0 Å². The van der Waals surface area contributed by atoms with Gasteiger partial charge in [-0.2, -0.15) is 0 Å². The van der Waals surface area contributed by atoms with Gasteiger partial charge in [0.1, 0.15) is 0 Å². The molecule has 0 saturated carbocycles. The summed E-state index contributed by atoms with van der Waals surface area (Å²) in [5.41, 5.74) is 15.2. The average Bonchev–Trinajstić information content (AvgIpc) is 3.60. The van der Waals surface area contributed by atoms with E-state index in [1.165, 1.54) is 55.7 Å². The maximum Gasteiger partial charge on any atom is 0.0619 e. The van der Waals surface area contributed by atoms with Crippen molar-refractivity contribution in [1.29, 1.82) is 0 Å². The number of anilines is 3. The van der Waals surface area contributed by atoms with E-state index in [1.807, 2.05) is 0 Å². The number of para-hydroxylation sites is 2. The molecule has 46 heavy (non-hydrogen) atoms. The fraction of sp³-hybridized carbons (Fsp3) is 0.0909. The maximum absolute atomic E-state index is 2.57. The summed E-state index contributed by atoms with van der Waals surface area (Å²) in [6.07, 6.45) is 6.76. The highest BCUT2D eigenvalue weighted by Crippen LogP contribution is 2.55. The summed E-state index contributed by atoms with van der Waals surface area (Å²) in [4.78, 5) is 2.33. The van der Waals surface area contributed by atoms with Crippen LogP contribution in [-0.4, -0.2) is 4.57 Å². The highest BCUT2D eigenvalue weighted by Gasteiger charge is 2.42. The van der Waals surface area contributed by atoms with Gasteiger partial charge in [-0.1, -0.05) is 115 Å². The zero-order valence-corrected chi connectivity index (χ0v) is 25.9. The van der Waals surface area contributed by atoms with E-state index in [9.17, 15) is 0 Å². The Balaban J connectivity index is 1.28. The summed E-state index contributed by atoms with van der Waals surface area (Å²) in [6.45, 7) is 2.41. The molecular weight excluding hydrogens is 556 g/mol. The van der Waals surface area contributed by atoms with Gasteiger partial charge < -0.3 is 9.47 Å². The van der Waals surface area contributed by atoms with Gasteiger partial charge in [-0.15, -0.1) is 0 Å². The van der Waals surface area contributed by atoms with Crippen LogP contribution in [0.2, 0.25) is 0 Å². The Kier molecular flexibility index (Phi) is 6.11. The normalized spacial score (nSPS) is 16.2. The molecule has 2 nitrogen and oxygen atoms in total. The van der Waals surface area contributed by atoms with Crippen molar-refractivity contribution in [3.05, 3.63) is 186 Å². The van der Waals surface area contributed by atoms with Gasteiger partial charge in [-0.3, -0.25) is 0 Å². The lowest BCUT2D eigenvalue weighted by molar-refractivity contribution is 0.714. The smallest absolute Gasteiger partial charge is 0.0619 e. The van der Waals surface area contributed by atoms with Gasteiger partial charge in [0.2, 0.25) is 0 Å². The maximum atomic E-state index is 2.57. The first-order chi connectivity index (χ1) is 22.7. The third-order valence-electron chi connectivity index (χ3n) is 10.1. The lowest BCUT2D eigenvalue weighted by Gasteiger charge is -2.28. The van der Waals surface area contributed by atoms with Crippen molar-refractivity contribution in [3.63, 3.8) is 0 Å². The lowest BCUT2D eigenvalue weighted by Crippen LogP contribution is -2.22. The minimum Gasteiger partial charge on any atom is -0.312 e. The van der Waals surface area contributed by atoms with Crippen LogP contribution < -0.4 is 4.90 Å². The molecule has 0 N–H and O–H groups in total. The molecule has 1 atom stereocenters. The van der Waals surface area contributed by atoms with Gasteiger partial charge in [0.25, 0.3) is 0 Å². The minimum atomic E-state index is -0.234. The molecule has 0 aliphatic heterocycles. The highest BCUT2D eigenvalue weighted by atomic mass is 15.1. The first-order valence-corrected chi connectivity index (χ1v) is 16.3. The Hall–Kier alpha value is -5.60. The van der Waals surface area contributed by atoms with E-state index in [2.05, 4.69) is 180 Å². The van der Waals surface area contributed by atoms with Crippen molar-refractivity contribution in [2.75, 3.05) is 4.90 Å². The molecule has 7 aromatic rings. The van der Waals surface area contributed by atoms with E-state index >= 15 is 0 Å². The molecule has 6 aromatic carbocycles. The van der Waals surface area contributed by atoms with Gasteiger partial charge >= 0.3 is 0 Å². The van der Waals surface area contributed by atoms with Crippen LogP contribution in [0.1, 0.15) is 41.3 Å². The zero-order valence-electron chi connectivity index (χ0n) is 25.9. The van der Waals surface area contributed by atoms with Crippen LogP contribution in [0.5, 0.6) is 0 Å². The fourth-order valence-electron chi connectivity index (χ4n) is 8.00. The molecule has 2 aliphatic carbocycles. The van der Waals surface area contributed by atoms with Crippen molar-refractivity contribution in [1.82, 2.24) is 4.57 Å². The summed E-state index contributed by atoms with van der Waals surface area (Å²) >= 11 is 0. The number of hydrogen-bond donors (Lipinski definition) is 0. The van der Waals surface area contributed by atoms with Crippen LogP contribution in [0.25, 0.3) is 33.8 Å². The summed E-state index contributed by atoms with van der Waals surface area (Å²) in [7, 11) is 0. The van der Waals surface area contributed by atoms with Crippen molar-refractivity contribution >= 4 is 34.0 Å². The number of allylic oxidation sites excluding steroid dienone is 1. The zero-order chi connectivity index (χ0) is 30.7. The molecule has 1 aromatic heterocycles. The molecule has 0 radical (unpaired) electrons. The predicted octanol–water partition coefficient (Wildman–Crippen LogP) is 11.4. The Morgan fingerprint density at radius 2 is 1.20 bits per heavy atom. The Bertz CT molecular complexity index is 2200. The summed E-state index contributed by atoms with van der Waals surface area (Å²) in [6, 6.07) is 55.3. The second-order valence-corrected chi connectivity index (χ2v) is 12.6. The summed E-state index contributed by atoms with van der Waals surface area (Å²) in [5.74, 6) is 0. The van der Waals surface area contributed by atoms with E-state index in [0.717, 1.165) is 29.9 Å². The molecule has 1 unspecified atom stereocenters. The largest absolute Gasteiger partial charge is 0.312 e. The quantitative estimate of drug-likeness (QED) is 0.194. The Labute approximate surface area is 270 Å². The number of nitrogens with zero attached hydrogens (tertiary/aromatic N) is 2. The number of benzene rings is 6. The molecule has 2 aliphatic rings. The molecule has 0 amide bonds. The van der Waals surface area contributed by atoms with Crippen molar-refractivity contribution in [3.8, 4) is 16.8 Å². The van der Waals surface area contributed by atoms with E-state index in [4.69, 9.17) is 0 Å². The predicted molar refractivity (Wildman–Crippen MR) is 193 cm³/mol. The highest BCUT2D eigenvalue weighted by molar-refractivity contribution is 6.06. The molecule has 220 valence electrons. The third kappa shape index (κ3) is 3.90. The molecule has 0 spiro atoms. The number of aromatic nitrogens is 1. The first kappa shape index (κ1) is 26.8. The van der Waals surface area contributed by atoms with Gasteiger partial charge in [-0.25, -0.2) is 0 Å². The van der Waals surface area contributed by atoms with E-state index in [0.29, 0.717) is 0 Å². The van der Waals surface area contributed by atoms with Gasteiger partial charge in [-0.05, 0) is 90.6 Å². The van der Waals surface area contributed by atoms with E-state index < -0.39 is 0 Å². The van der Waals surface area contributed by atoms with E-state index in [1.54, 1.807) is 0 Å². The summed E-state index contributed by atoms with van der Waals surface area (Å²) < 4.78 is 2.57. The van der Waals surface area contributed by atoms with Crippen LogP contribution in [0, 0.1) is 0 Å². The van der Waals surface area contributed by atoms with Gasteiger partial charge in [0.15, 0.2) is 0 Å². The average molecular weight is 591 g/mol. The Morgan fingerprint density at radius 1 is 0.587 bits per heavy atom. The van der Waals surface area contributed by atoms with Gasteiger partial charge in [0, 0.05) is 50.4 Å². The Morgan fingerprint density at radius 3 is 1.89 bits per heavy atom. The topological polar surface area (TPSA) is 8.17 Å². The second-order valence-electron chi connectivity index (χ2n) is 12.6. The van der Waals surface area contributed by atoms with Crippen LogP contribution in [-0.2, 0) is 11.8 Å². The van der Waals surface area contributed by atoms with E-state index in [-0.39, 0.29) is 5.41 Å². The molecule has 0 saturated heterocycles.